The first-order valence-corrected chi connectivity index (χ1v) is 9.39. The predicted octanol–water partition coefficient (Wildman–Crippen LogP) is 4.07. The second kappa shape index (κ2) is 8.19. The van der Waals surface area contributed by atoms with E-state index in [9.17, 15) is 9.59 Å². The van der Waals surface area contributed by atoms with Crippen molar-refractivity contribution in [3.05, 3.63) is 51.9 Å². The summed E-state index contributed by atoms with van der Waals surface area (Å²) in [5, 5.41) is 3.41. The van der Waals surface area contributed by atoms with Gasteiger partial charge in [0.15, 0.2) is 0 Å². The fourth-order valence-electron chi connectivity index (χ4n) is 3.03. The van der Waals surface area contributed by atoms with E-state index < -0.39 is 0 Å². The van der Waals surface area contributed by atoms with Gasteiger partial charge >= 0.3 is 5.97 Å². The molecular formula is C20H21NO4S. The molecule has 0 atom stereocenters. The lowest BCUT2D eigenvalue weighted by Crippen LogP contribution is -2.13. The number of thiophene rings is 1. The summed E-state index contributed by atoms with van der Waals surface area (Å²) in [6.45, 7) is 2.09. The summed E-state index contributed by atoms with van der Waals surface area (Å²) in [6, 6.07) is 7.45. The number of hydrogen-bond acceptors (Lipinski definition) is 5. The van der Waals surface area contributed by atoms with Crippen molar-refractivity contribution in [2.75, 3.05) is 19.0 Å². The van der Waals surface area contributed by atoms with Crippen molar-refractivity contribution in [3.8, 4) is 5.75 Å². The molecule has 26 heavy (non-hydrogen) atoms. The highest BCUT2D eigenvalue weighted by Crippen LogP contribution is 2.39. The Morgan fingerprint density at radius 1 is 1.27 bits per heavy atom. The average Bonchev–Trinajstić information content (AvgIpc) is 3.21. The van der Waals surface area contributed by atoms with Gasteiger partial charge in [0.05, 0.1) is 19.3 Å². The molecule has 1 aliphatic rings. The minimum Gasteiger partial charge on any atom is -0.496 e. The molecule has 0 unspecified atom stereocenters. The molecule has 0 spiro atoms. The summed E-state index contributed by atoms with van der Waals surface area (Å²) in [5.74, 6) is 0.0381. The number of methoxy groups -OCH3 is 1. The molecule has 1 aliphatic carbocycles. The first-order valence-electron chi connectivity index (χ1n) is 8.57. The molecule has 0 saturated heterocycles. The molecule has 6 heteroatoms. The predicted molar refractivity (Wildman–Crippen MR) is 103 cm³/mol. The fraction of sp³-hybridized carbons (Fsp3) is 0.300. The highest BCUT2D eigenvalue weighted by Gasteiger charge is 2.28. The Morgan fingerprint density at radius 2 is 2.08 bits per heavy atom. The van der Waals surface area contributed by atoms with Crippen LogP contribution in [0.15, 0.2) is 30.3 Å². The van der Waals surface area contributed by atoms with Crippen LogP contribution in [-0.4, -0.2) is 25.6 Å². The lowest BCUT2D eigenvalue weighted by atomic mass is 10.1. The minimum absolute atomic E-state index is 0.290. The van der Waals surface area contributed by atoms with Gasteiger partial charge in [0.25, 0.3) is 0 Å². The molecule has 0 fully saturated rings. The number of rotatable bonds is 6. The van der Waals surface area contributed by atoms with Crippen LogP contribution in [0.4, 0.5) is 5.00 Å². The van der Waals surface area contributed by atoms with Crippen LogP contribution in [0.1, 0.15) is 39.7 Å². The third kappa shape index (κ3) is 3.80. The van der Waals surface area contributed by atoms with Gasteiger partial charge in [-0.3, -0.25) is 4.79 Å². The first-order chi connectivity index (χ1) is 12.6. The number of carbonyl (C=O) groups is 2. The molecule has 1 aromatic heterocycles. The maximum Gasteiger partial charge on any atom is 0.341 e. The number of aryl methyl sites for hydroxylation is 1. The maximum atomic E-state index is 12.4. The number of fused-ring (bicyclic) bond motifs is 1. The number of anilines is 1. The zero-order valence-corrected chi connectivity index (χ0v) is 15.7. The van der Waals surface area contributed by atoms with Crippen molar-refractivity contribution < 1.29 is 19.1 Å². The smallest absolute Gasteiger partial charge is 0.341 e. The summed E-state index contributed by atoms with van der Waals surface area (Å²) < 4.78 is 10.4. The summed E-state index contributed by atoms with van der Waals surface area (Å²) in [4.78, 5) is 25.9. The fourth-order valence-corrected chi connectivity index (χ4v) is 4.32. The number of esters is 1. The SMILES string of the molecule is CCOC(=O)c1c(NC(=O)/C=C/c2ccccc2OC)sc2c1CCC2. The number of benzene rings is 1. The standard InChI is InChI=1S/C20H21NO4S/c1-3-25-20(23)18-14-8-6-10-16(14)26-19(18)21-17(22)12-11-13-7-4-5-9-15(13)24-2/h4-5,7,9,11-12H,3,6,8,10H2,1-2H3,(H,21,22)/b12-11+. The molecule has 136 valence electrons. The van der Waals surface area contributed by atoms with Gasteiger partial charge in [-0.25, -0.2) is 4.79 Å². The number of para-hydroxylation sites is 1. The van der Waals surface area contributed by atoms with Crippen LogP contribution < -0.4 is 10.1 Å². The highest BCUT2D eigenvalue weighted by molar-refractivity contribution is 7.17. The lowest BCUT2D eigenvalue weighted by molar-refractivity contribution is -0.111. The van der Waals surface area contributed by atoms with E-state index in [-0.39, 0.29) is 11.9 Å². The number of nitrogens with one attached hydrogen (secondary N) is 1. The van der Waals surface area contributed by atoms with E-state index in [4.69, 9.17) is 9.47 Å². The largest absolute Gasteiger partial charge is 0.496 e. The van der Waals surface area contributed by atoms with Gasteiger partial charge in [0.1, 0.15) is 10.8 Å². The topological polar surface area (TPSA) is 64.6 Å². The van der Waals surface area contributed by atoms with Crippen LogP contribution in [-0.2, 0) is 22.4 Å². The average molecular weight is 371 g/mol. The highest BCUT2D eigenvalue weighted by atomic mass is 32.1. The Kier molecular flexibility index (Phi) is 5.73. The first kappa shape index (κ1) is 18.2. The Morgan fingerprint density at radius 3 is 2.85 bits per heavy atom. The van der Waals surface area contributed by atoms with E-state index in [1.807, 2.05) is 24.3 Å². The van der Waals surface area contributed by atoms with Gasteiger partial charge in [0.2, 0.25) is 5.91 Å². The third-order valence-corrected chi connectivity index (χ3v) is 5.40. The van der Waals surface area contributed by atoms with E-state index in [1.54, 1.807) is 20.1 Å². The van der Waals surface area contributed by atoms with Crippen LogP contribution in [0.2, 0.25) is 0 Å². The number of ether oxygens (including phenoxy) is 2. The third-order valence-electron chi connectivity index (χ3n) is 4.19. The molecule has 0 saturated carbocycles. The Balaban J connectivity index is 1.79. The Bertz CT molecular complexity index is 853. The second-order valence-electron chi connectivity index (χ2n) is 5.85. The molecule has 0 bridgehead atoms. The van der Waals surface area contributed by atoms with Crippen molar-refractivity contribution in [1.29, 1.82) is 0 Å². The van der Waals surface area contributed by atoms with E-state index in [0.29, 0.717) is 22.9 Å². The van der Waals surface area contributed by atoms with Crippen molar-refractivity contribution in [2.45, 2.75) is 26.2 Å². The normalized spacial score (nSPS) is 12.8. The van der Waals surface area contributed by atoms with Crippen molar-refractivity contribution in [3.63, 3.8) is 0 Å². The van der Waals surface area contributed by atoms with E-state index >= 15 is 0 Å². The van der Waals surface area contributed by atoms with Crippen LogP contribution >= 0.6 is 11.3 Å². The van der Waals surface area contributed by atoms with Crippen molar-refractivity contribution in [1.82, 2.24) is 0 Å². The van der Waals surface area contributed by atoms with Gasteiger partial charge in [0, 0.05) is 16.5 Å². The molecule has 1 amide bonds. The summed E-state index contributed by atoms with van der Waals surface area (Å²) >= 11 is 1.47. The van der Waals surface area contributed by atoms with E-state index in [1.165, 1.54) is 17.4 Å². The molecule has 1 heterocycles. The van der Waals surface area contributed by atoms with Gasteiger partial charge in [-0.2, -0.15) is 0 Å². The monoisotopic (exact) mass is 371 g/mol. The zero-order valence-electron chi connectivity index (χ0n) is 14.8. The van der Waals surface area contributed by atoms with E-state index in [2.05, 4.69) is 5.32 Å². The van der Waals surface area contributed by atoms with Crippen LogP contribution in [0.25, 0.3) is 6.08 Å². The Hall–Kier alpha value is -2.60. The van der Waals surface area contributed by atoms with Crippen LogP contribution in [0.5, 0.6) is 5.75 Å². The molecule has 0 aliphatic heterocycles. The van der Waals surface area contributed by atoms with Crippen LogP contribution in [0.3, 0.4) is 0 Å². The lowest BCUT2D eigenvalue weighted by Gasteiger charge is -2.07. The van der Waals surface area contributed by atoms with Crippen LogP contribution in [0, 0.1) is 0 Å². The van der Waals surface area contributed by atoms with Crippen molar-refractivity contribution >= 4 is 34.3 Å². The van der Waals surface area contributed by atoms with E-state index in [0.717, 1.165) is 35.3 Å². The molecule has 1 N–H and O–H groups in total. The molecule has 1 aromatic carbocycles. The summed E-state index contributed by atoms with van der Waals surface area (Å²) in [6.07, 6.45) is 5.97. The molecule has 0 radical (unpaired) electrons. The second-order valence-corrected chi connectivity index (χ2v) is 6.95. The molecule has 2 aromatic rings. The number of carbonyl (C=O) groups excluding carboxylic acids is 2. The van der Waals surface area contributed by atoms with Crippen molar-refractivity contribution in [2.24, 2.45) is 0 Å². The molecule has 5 nitrogen and oxygen atoms in total. The van der Waals surface area contributed by atoms with Gasteiger partial charge in [-0.1, -0.05) is 18.2 Å². The quantitative estimate of drug-likeness (QED) is 0.614. The number of amides is 1. The summed E-state index contributed by atoms with van der Waals surface area (Å²) in [7, 11) is 1.59. The van der Waals surface area contributed by atoms with Gasteiger partial charge in [-0.05, 0) is 43.9 Å². The molecular weight excluding hydrogens is 350 g/mol. The minimum atomic E-state index is -0.365. The van der Waals surface area contributed by atoms with Gasteiger partial charge < -0.3 is 14.8 Å². The number of hydrogen-bond donors (Lipinski definition) is 1. The van der Waals surface area contributed by atoms with Gasteiger partial charge in [-0.15, -0.1) is 11.3 Å². The maximum absolute atomic E-state index is 12.4. The molecule has 3 rings (SSSR count). The zero-order chi connectivity index (χ0) is 18.5. The Labute approximate surface area is 156 Å². The summed E-state index contributed by atoms with van der Waals surface area (Å²) in [5.41, 5.74) is 2.35.